The fraction of sp³-hybridized carbons (Fsp3) is 0.0625. The summed E-state index contributed by atoms with van der Waals surface area (Å²) in [4.78, 5) is 28.9. The quantitative estimate of drug-likeness (QED) is 0.609. The second-order valence-electron chi connectivity index (χ2n) is 4.75. The number of rotatable bonds is 4. The van der Waals surface area contributed by atoms with Gasteiger partial charge in [-0.3, -0.25) is 20.4 Å². The average molecular weight is 438 g/mol. The van der Waals surface area contributed by atoms with Gasteiger partial charge in [-0.2, -0.15) is 0 Å². The lowest BCUT2D eigenvalue weighted by Gasteiger charge is -2.05. The van der Waals surface area contributed by atoms with E-state index in [0.717, 1.165) is 9.35 Å². The number of hydrazine groups is 1. The Morgan fingerprint density at radius 2 is 1.88 bits per heavy atom. The first-order valence-corrected chi connectivity index (χ1v) is 9.52. The van der Waals surface area contributed by atoms with Crippen molar-refractivity contribution >= 4 is 50.4 Å². The van der Waals surface area contributed by atoms with Crippen molar-refractivity contribution in [3.63, 3.8) is 0 Å². The van der Waals surface area contributed by atoms with Crippen LogP contribution in [0, 0.1) is 0 Å². The van der Waals surface area contributed by atoms with Crippen LogP contribution in [0.2, 0.25) is 0 Å². The van der Waals surface area contributed by atoms with Crippen LogP contribution in [-0.2, 0) is 0 Å². The maximum absolute atomic E-state index is 12.2. The molecule has 6 nitrogen and oxygen atoms in total. The van der Waals surface area contributed by atoms with Gasteiger partial charge in [0.05, 0.1) is 21.3 Å². The fourth-order valence-corrected chi connectivity index (χ4v) is 4.11. The first-order valence-electron chi connectivity index (χ1n) is 7.03. The lowest BCUT2D eigenvalue weighted by molar-refractivity contribution is 0.0846. The molecule has 2 amide bonds. The summed E-state index contributed by atoms with van der Waals surface area (Å²) >= 11 is 5.89. The molecule has 2 aromatic heterocycles. The van der Waals surface area contributed by atoms with E-state index in [1.807, 2.05) is 24.3 Å². The largest absolute Gasteiger partial charge is 0.496 e. The van der Waals surface area contributed by atoms with Crippen molar-refractivity contribution in [2.75, 3.05) is 7.11 Å². The number of methoxy groups -OCH3 is 1. The number of nitrogens with zero attached hydrogens (tertiary/aromatic N) is 1. The molecule has 0 aliphatic rings. The number of amides is 2. The van der Waals surface area contributed by atoms with Crippen LogP contribution in [0.1, 0.15) is 20.2 Å². The van der Waals surface area contributed by atoms with Gasteiger partial charge in [0, 0.05) is 5.38 Å². The molecule has 0 fully saturated rings. The highest BCUT2D eigenvalue weighted by Gasteiger charge is 2.15. The maximum atomic E-state index is 12.2. The van der Waals surface area contributed by atoms with E-state index in [0.29, 0.717) is 15.6 Å². The molecule has 3 aromatic rings. The van der Waals surface area contributed by atoms with Crippen molar-refractivity contribution in [1.29, 1.82) is 0 Å². The third-order valence-corrected chi connectivity index (χ3v) is 5.66. The summed E-state index contributed by atoms with van der Waals surface area (Å²) in [6, 6.07) is 10.9. The van der Waals surface area contributed by atoms with Crippen LogP contribution in [0.4, 0.5) is 0 Å². The number of carbonyl (C=O) groups excluding carboxylic acids is 2. The van der Waals surface area contributed by atoms with Gasteiger partial charge in [0.2, 0.25) is 0 Å². The number of benzene rings is 1. The molecule has 0 atom stereocenters. The minimum atomic E-state index is -0.485. The van der Waals surface area contributed by atoms with Crippen LogP contribution in [-0.4, -0.2) is 23.9 Å². The Morgan fingerprint density at radius 3 is 2.60 bits per heavy atom. The second-order valence-corrected chi connectivity index (χ2v) is 8.07. The zero-order valence-corrected chi connectivity index (χ0v) is 16.1. The molecule has 128 valence electrons. The number of carbonyl (C=O) groups is 2. The molecule has 3 rings (SSSR count). The molecule has 0 aliphatic carbocycles. The van der Waals surface area contributed by atoms with Crippen LogP contribution in [0.25, 0.3) is 10.6 Å². The van der Waals surface area contributed by atoms with Crippen LogP contribution < -0.4 is 15.6 Å². The Balaban J connectivity index is 1.67. The molecule has 1 aromatic carbocycles. The van der Waals surface area contributed by atoms with Gasteiger partial charge in [-0.1, -0.05) is 12.1 Å². The van der Waals surface area contributed by atoms with Gasteiger partial charge >= 0.3 is 0 Å². The molecule has 2 heterocycles. The van der Waals surface area contributed by atoms with Gasteiger partial charge < -0.3 is 4.74 Å². The third-order valence-electron chi connectivity index (χ3n) is 3.16. The predicted octanol–water partition coefficient (Wildman–Crippen LogP) is 3.72. The number of thiazole rings is 1. The lowest BCUT2D eigenvalue weighted by atomic mass is 10.2. The summed E-state index contributed by atoms with van der Waals surface area (Å²) in [5.41, 5.74) is 5.77. The zero-order chi connectivity index (χ0) is 17.8. The topological polar surface area (TPSA) is 80.3 Å². The van der Waals surface area contributed by atoms with E-state index in [1.165, 1.54) is 22.7 Å². The molecule has 0 saturated carbocycles. The standard InChI is InChI=1S/C16H12BrN3O3S2/c1-23-11-5-3-2-4-9(11)16-18-10(8-24-16)14(21)19-20-15(22)12-6-7-13(17)25-12/h2-8H,1H3,(H,19,21)(H,20,22). The van der Waals surface area contributed by atoms with Crippen molar-refractivity contribution in [2.24, 2.45) is 0 Å². The summed E-state index contributed by atoms with van der Waals surface area (Å²) < 4.78 is 6.14. The maximum Gasteiger partial charge on any atom is 0.289 e. The fourth-order valence-electron chi connectivity index (χ4n) is 2.00. The van der Waals surface area contributed by atoms with Crippen LogP contribution in [0.3, 0.4) is 0 Å². The summed E-state index contributed by atoms with van der Waals surface area (Å²) in [5.74, 6) is -0.189. The number of thiophene rings is 1. The Kier molecular flexibility index (Phi) is 5.47. The van der Waals surface area contributed by atoms with E-state index >= 15 is 0 Å². The summed E-state index contributed by atoms with van der Waals surface area (Å²) in [6.45, 7) is 0. The van der Waals surface area contributed by atoms with Gasteiger partial charge in [-0.15, -0.1) is 22.7 Å². The monoisotopic (exact) mass is 437 g/mol. The Morgan fingerprint density at radius 1 is 1.12 bits per heavy atom. The minimum Gasteiger partial charge on any atom is -0.496 e. The Labute approximate surface area is 160 Å². The molecule has 0 aliphatic heterocycles. The first-order chi connectivity index (χ1) is 12.1. The van der Waals surface area contributed by atoms with Crippen molar-refractivity contribution in [3.05, 3.63) is 56.1 Å². The zero-order valence-electron chi connectivity index (χ0n) is 12.9. The Bertz CT molecular complexity index is 923. The molecule has 25 heavy (non-hydrogen) atoms. The minimum absolute atomic E-state index is 0.221. The number of hydrogen-bond acceptors (Lipinski definition) is 6. The summed E-state index contributed by atoms with van der Waals surface area (Å²) in [6.07, 6.45) is 0. The highest BCUT2D eigenvalue weighted by Crippen LogP contribution is 2.31. The molecular weight excluding hydrogens is 426 g/mol. The molecule has 0 radical (unpaired) electrons. The number of para-hydroxylation sites is 1. The van der Waals surface area contributed by atoms with Gasteiger partial charge in [0.1, 0.15) is 16.5 Å². The first kappa shape index (κ1) is 17.6. The van der Waals surface area contributed by atoms with Crippen LogP contribution in [0.15, 0.2) is 45.6 Å². The smallest absolute Gasteiger partial charge is 0.289 e. The molecule has 0 unspecified atom stereocenters. The number of hydrogen-bond donors (Lipinski definition) is 2. The van der Waals surface area contributed by atoms with Gasteiger partial charge in [-0.25, -0.2) is 4.98 Å². The number of aromatic nitrogens is 1. The second kappa shape index (κ2) is 7.77. The number of halogens is 1. The predicted molar refractivity (Wildman–Crippen MR) is 101 cm³/mol. The van der Waals surface area contributed by atoms with E-state index in [2.05, 4.69) is 31.8 Å². The van der Waals surface area contributed by atoms with E-state index in [9.17, 15) is 9.59 Å². The molecule has 2 N–H and O–H groups in total. The van der Waals surface area contributed by atoms with Crippen molar-refractivity contribution < 1.29 is 14.3 Å². The highest BCUT2D eigenvalue weighted by molar-refractivity contribution is 9.11. The molecule has 0 spiro atoms. The van der Waals surface area contributed by atoms with Crippen molar-refractivity contribution in [2.45, 2.75) is 0 Å². The van der Waals surface area contributed by atoms with Gasteiger partial charge in [-0.05, 0) is 40.2 Å². The van der Waals surface area contributed by atoms with Gasteiger partial charge in [0.15, 0.2) is 0 Å². The lowest BCUT2D eigenvalue weighted by Crippen LogP contribution is -2.41. The summed E-state index contributed by atoms with van der Waals surface area (Å²) in [7, 11) is 1.58. The van der Waals surface area contributed by atoms with E-state index in [4.69, 9.17) is 4.74 Å². The molecule has 0 bridgehead atoms. The number of ether oxygens (including phenoxy) is 1. The van der Waals surface area contributed by atoms with Gasteiger partial charge in [0.25, 0.3) is 11.8 Å². The molecule has 0 saturated heterocycles. The van der Waals surface area contributed by atoms with E-state index in [-0.39, 0.29) is 11.6 Å². The number of nitrogens with one attached hydrogen (secondary N) is 2. The SMILES string of the molecule is COc1ccccc1-c1nc(C(=O)NNC(=O)c2ccc(Br)s2)cs1. The highest BCUT2D eigenvalue weighted by atomic mass is 79.9. The van der Waals surface area contributed by atoms with Crippen LogP contribution in [0.5, 0.6) is 5.75 Å². The van der Waals surface area contributed by atoms with Crippen molar-refractivity contribution in [1.82, 2.24) is 15.8 Å². The summed E-state index contributed by atoms with van der Waals surface area (Å²) in [5, 5.41) is 2.29. The van der Waals surface area contributed by atoms with E-state index in [1.54, 1.807) is 24.6 Å². The van der Waals surface area contributed by atoms with Crippen molar-refractivity contribution in [3.8, 4) is 16.3 Å². The molecule has 9 heteroatoms. The van der Waals surface area contributed by atoms with E-state index < -0.39 is 5.91 Å². The Hall–Kier alpha value is -2.23. The molecular formula is C16H12BrN3O3S2. The third kappa shape index (κ3) is 4.06. The normalized spacial score (nSPS) is 10.3. The average Bonchev–Trinajstić information content (AvgIpc) is 3.28. The van der Waals surface area contributed by atoms with Crippen LogP contribution >= 0.6 is 38.6 Å².